The zero-order valence-electron chi connectivity index (χ0n) is 10.2. The van der Waals surface area contributed by atoms with E-state index < -0.39 is 10.2 Å². The van der Waals surface area contributed by atoms with Crippen molar-refractivity contribution >= 4 is 10.2 Å². The minimum Gasteiger partial charge on any atom is -0.310 e. The summed E-state index contributed by atoms with van der Waals surface area (Å²) >= 11 is 0. The lowest BCUT2D eigenvalue weighted by Gasteiger charge is -2.22. The van der Waals surface area contributed by atoms with Gasteiger partial charge in [0.2, 0.25) is 0 Å². The van der Waals surface area contributed by atoms with E-state index in [4.69, 9.17) is 0 Å². The summed E-state index contributed by atoms with van der Waals surface area (Å²) in [5.74, 6) is 0. The van der Waals surface area contributed by atoms with Crippen LogP contribution in [-0.4, -0.2) is 14.5 Å². The molecule has 0 heterocycles. The molecule has 2 rings (SSSR count). The van der Waals surface area contributed by atoms with Crippen LogP contribution in [0.15, 0.2) is 29.2 Å². The Kier molecular flexibility index (Phi) is 4.35. The highest BCUT2D eigenvalue weighted by atomic mass is 32.3. The van der Waals surface area contributed by atoms with Gasteiger partial charge in [0.1, 0.15) is 0 Å². The molecule has 1 saturated carbocycles. The number of hydrogen-bond acceptors (Lipinski definition) is 3. The fraction of sp³-hybridized carbons (Fsp3) is 0.538. The molecule has 0 unspecified atom stereocenters. The largest absolute Gasteiger partial charge is 0.332 e. The number of rotatable bonds is 4. The number of nitrogens with one attached hydrogen (secondary N) is 1. The second-order valence-corrected chi connectivity index (χ2v) is 6.14. The summed E-state index contributed by atoms with van der Waals surface area (Å²) in [6.07, 6.45) is 6.28. The lowest BCUT2D eigenvalue weighted by Crippen LogP contribution is -2.30. The molecule has 1 N–H and O–H groups in total. The highest BCUT2D eigenvalue weighted by Crippen LogP contribution is 2.18. The zero-order valence-corrected chi connectivity index (χ0v) is 11.0. The Morgan fingerprint density at radius 1 is 1.11 bits per heavy atom. The van der Waals surface area contributed by atoms with Gasteiger partial charge < -0.3 is 5.32 Å². The minimum atomic E-state index is -4.58. The van der Waals surface area contributed by atoms with Gasteiger partial charge in [0, 0.05) is 12.6 Å². The van der Waals surface area contributed by atoms with Gasteiger partial charge in [-0.25, -0.2) is 0 Å². The predicted octanol–water partition coefficient (Wildman–Crippen LogP) is 2.77. The lowest BCUT2D eigenvalue weighted by molar-refractivity contribution is 0.372. The van der Waals surface area contributed by atoms with E-state index in [2.05, 4.69) is 5.32 Å². The van der Waals surface area contributed by atoms with Crippen LogP contribution >= 0.6 is 0 Å². The van der Waals surface area contributed by atoms with E-state index in [1.807, 2.05) is 0 Å². The van der Waals surface area contributed by atoms with Crippen LogP contribution < -0.4 is 5.32 Å². The van der Waals surface area contributed by atoms with E-state index in [1.165, 1.54) is 44.2 Å². The zero-order chi connectivity index (χ0) is 13.0. The molecule has 100 valence electrons. The molecular weight excluding hydrogens is 253 g/mol. The number of hydrogen-bond donors (Lipinski definition) is 1. The van der Waals surface area contributed by atoms with Crippen LogP contribution in [0.25, 0.3) is 0 Å². The average molecular weight is 271 g/mol. The molecule has 1 aliphatic rings. The lowest BCUT2D eigenvalue weighted by atomic mass is 9.95. The van der Waals surface area contributed by atoms with Crippen LogP contribution in [0.3, 0.4) is 0 Å². The van der Waals surface area contributed by atoms with Gasteiger partial charge in [-0.3, -0.25) is 0 Å². The van der Waals surface area contributed by atoms with Gasteiger partial charge in [-0.05, 0) is 30.5 Å². The van der Waals surface area contributed by atoms with Crippen LogP contribution in [0.1, 0.15) is 37.7 Å². The highest BCUT2D eigenvalue weighted by molar-refractivity contribution is 7.86. The first-order chi connectivity index (χ1) is 8.55. The van der Waals surface area contributed by atoms with Crippen molar-refractivity contribution < 1.29 is 12.3 Å². The Hall–Kier alpha value is -0.940. The predicted molar refractivity (Wildman–Crippen MR) is 68.4 cm³/mol. The van der Waals surface area contributed by atoms with Crippen LogP contribution in [0.4, 0.5) is 3.89 Å². The minimum absolute atomic E-state index is 0.274. The maximum absolute atomic E-state index is 12.7. The first kappa shape index (κ1) is 13.5. The van der Waals surface area contributed by atoms with Crippen molar-refractivity contribution in [3.05, 3.63) is 29.8 Å². The topological polar surface area (TPSA) is 46.2 Å². The van der Waals surface area contributed by atoms with Gasteiger partial charge in [0.25, 0.3) is 0 Å². The maximum atomic E-state index is 12.7. The molecule has 5 heteroatoms. The fourth-order valence-corrected chi connectivity index (χ4v) is 2.80. The van der Waals surface area contributed by atoms with Gasteiger partial charge in [0.05, 0.1) is 4.90 Å². The molecule has 0 atom stereocenters. The van der Waals surface area contributed by atoms with E-state index in [9.17, 15) is 12.3 Å². The molecule has 0 amide bonds. The van der Waals surface area contributed by atoms with E-state index in [0.29, 0.717) is 12.6 Å². The Balaban J connectivity index is 1.90. The van der Waals surface area contributed by atoms with E-state index in [0.717, 1.165) is 5.56 Å². The molecular formula is C13H18FNO2S. The maximum Gasteiger partial charge on any atom is 0.332 e. The van der Waals surface area contributed by atoms with Crippen molar-refractivity contribution in [1.82, 2.24) is 5.32 Å². The second kappa shape index (κ2) is 5.80. The quantitative estimate of drug-likeness (QED) is 0.857. The third-order valence-corrected chi connectivity index (χ3v) is 4.24. The number of halogens is 1. The molecule has 3 nitrogen and oxygen atoms in total. The molecule has 0 radical (unpaired) electrons. The summed E-state index contributed by atoms with van der Waals surface area (Å²) in [7, 11) is -4.58. The third-order valence-electron chi connectivity index (χ3n) is 3.40. The van der Waals surface area contributed by atoms with Crippen LogP contribution in [-0.2, 0) is 16.8 Å². The Morgan fingerprint density at radius 2 is 1.72 bits per heavy atom. The van der Waals surface area contributed by atoms with Crippen molar-refractivity contribution in [1.29, 1.82) is 0 Å². The van der Waals surface area contributed by atoms with Gasteiger partial charge in [0.15, 0.2) is 0 Å². The number of benzene rings is 1. The first-order valence-corrected chi connectivity index (χ1v) is 7.71. The Morgan fingerprint density at radius 3 is 2.28 bits per heavy atom. The van der Waals surface area contributed by atoms with Gasteiger partial charge in [-0.1, -0.05) is 31.4 Å². The van der Waals surface area contributed by atoms with E-state index in [-0.39, 0.29) is 4.90 Å². The summed E-state index contributed by atoms with van der Waals surface area (Å²) < 4.78 is 34.0. The van der Waals surface area contributed by atoms with Crippen molar-refractivity contribution in [2.24, 2.45) is 0 Å². The highest BCUT2D eigenvalue weighted by Gasteiger charge is 2.13. The Labute approximate surface area is 108 Å². The van der Waals surface area contributed by atoms with Crippen LogP contribution in [0.5, 0.6) is 0 Å². The molecule has 0 saturated heterocycles. The molecule has 1 aromatic rings. The summed E-state index contributed by atoms with van der Waals surface area (Å²) in [6.45, 7) is 0.706. The van der Waals surface area contributed by atoms with Gasteiger partial charge >= 0.3 is 10.2 Å². The van der Waals surface area contributed by atoms with Crippen molar-refractivity contribution in [2.45, 2.75) is 49.6 Å². The summed E-state index contributed by atoms with van der Waals surface area (Å²) in [5, 5.41) is 3.45. The van der Waals surface area contributed by atoms with E-state index >= 15 is 0 Å². The van der Waals surface area contributed by atoms with Crippen molar-refractivity contribution in [3.63, 3.8) is 0 Å². The molecule has 1 aliphatic carbocycles. The second-order valence-electron chi connectivity index (χ2n) is 4.80. The molecule has 0 bridgehead atoms. The van der Waals surface area contributed by atoms with Crippen LogP contribution in [0, 0.1) is 0 Å². The molecule has 1 aromatic carbocycles. The summed E-state index contributed by atoms with van der Waals surface area (Å²) in [6, 6.07) is 6.49. The van der Waals surface area contributed by atoms with Crippen molar-refractivity contribution in [2.75, 3.05) is 0 Å². The molecule has 0 aliphatic heterocycles. The molecule has 0 spiro atoms. The third kappa shape index (κ3) is 3.78. The van der Waals surface area contributed by atoms with Gasteiger partial charge in [-0.15, -0.1) is 3.89 Å². The van der Waals surface area contributed by atoms with Crippen LogP contribution in [0.2, 0.25) is 0 Å². The smallest absolute Gasteiger partial charge is 0.310 e. The standard InChI is InChI=1S/C13H18FNO2S/c14-18(16,17)13-8-6-11(7-9-13)10-15-12-4-2-1-3-5-12/h6-9,12,15H,1-5,10H2. The fourth-order valence-electron chi connectivity index (χ4n) is 2.34. The molecule has 18 heavy (non-hydrogen) atoms. The SMILES string of the molecule is O=S(=O)(F)c1ccc(CNC2CCCCC2)cc1. The van der Waals surface area contributed by atoms with Gasteiger partial charge in [-0.2, -0.15) is 8.42 Å². The first-order valence-electron chi connectivity index (χ1n) is 6.33. The molecule has 1 fully saturated rings. The van der Waals surface area contributed by atoms with Crippen molar-refractivity contribution in [3.8, 4) is 0 Å². The van der Waals surface area contributed by atoms with E-state index in [1.54, 1.807) is 12.1 Å². The average Bonchev–Trinajstić information content (AvgIpc) is 2.37. The molecule has 0 aromatic heterocycles. The summed E-state index contributed by atoms with van der Waals surface area (Å²) in [4.78, 5) is -0.274. The summed E-state index contributed by atoms with van der Waals surface area (Å²) in [5.41, 5.74) is 0.980. The monoisotopic (exact) mass is 271 g/mol. The Bertz CT molecular complexity index is 478. The normalized spacial score (nSPS) is 17.8.